The van der Waals surface area contributed by atoms with E-state index in [4.69, 9.17) is 10.5 Å². The van der Waals surface area contributed by atoms with Crippen LogP contribution in [0.4, 0.5) is 14.5 Å². The molecular weight excluding hydrogens is 234 g/mol. The van der Waals surface area contributed by atoms with Gasteiger partial charge in [-0.15, -0.1) is 12.6 Å². The number of anilines is 1. The molecule has 0 aliphatic rings. The van der Waals surface area contributed by atoms with E-state index in [0.717, 1.165) is 6.07 Å². The monoisotopic (exact) mass is 238 g/mol. The van der Waals surface area contributed by atoms with Crippen LogP contribution in [0.5, 0.6) is 0 Å². The van der Waals surface area contributed by atoms with Crippen LogP contribution in [0.1, 0.15) is 0 Å². The number of hydrazone groups is 1. The van der Waals surface area contributed by atoms with E-state index in [0.29, 0.717) is 6.07 Å². The summed E-state index contributed by atoms with van der Waals surface area (Å²) >= 11 is 3.82. The van der Waals surface area contributed by atoms with Gasteiger partial charge in [0, 0.05) is 11.0 Å². The first-order valence-corrected chi connectivity index (χ1v) is 4.35. The fraction of sp³-hybridized carbons (Fsp3) is 0. The van der Waals surface area contributed by atoms with Crippen molar-refractivity contribution < 1.29 is 8.78 Å². The van der Waals surface area contributed by atoms with Crippen molar-refractivity contribution in [3.05, 3.63) is 23.8 Å². The molecule has 1 N–H and O–H groups in total. The molecule has 7 heteroatoms. The van der Waals surface area contributed by atoms with Crippen LogP contribution in [0.15, 0.2) is 22.1 Å². The Morgan fingerprint density at radius 3 is 2.44 bits per heavy atom. The van der Waals surface area contributed by atoms with Crippen molar-refractivity contribution in [3.8, 4) is 12.1 Å². The summed E-state index contributed by atoms with van der Waals surface area (Å²) < 4.78 is 25.9. The molecule has 0 bridgehead atoms. The summed E-state index contributed by atoms with van der Waals surface area (Å²) in [5.41, 5.74) is 1.46. The molecule has 0 saturated carbocycles. The summed E-state index contributed by atoms with van der Waals surface area (Å²) in [4.78, 5) is -0.0171. The van der Waals surface area contributed by atoms with Gasteiger partial charge in [-0.2, -0.15) is 15.6 Å². The number of rotatable bonds is 2. The molecule has 0 aliphatic heterocycles. The summed E-state index contributed by atoms with van der Waals surface area (Å²) in [6.45, 7) is 0. The summed E-state index contributed by atoms with van der Waals surface area (Å²) in [6.07, 6.45) is 0. The second kappa shape index (κ2) is 5.10. The third-order valence-corrected chi connectivity index (χ3v) is 1.88. The molecule has 0 radical (unpaired) electrons. The van der Waals surface area contributed by atoms with Crippen LogP contribution in [0, 0.1) is 34.3 Å². The fourth-order valence-electron chi connectivity index (χ4n) is 0.858. The lowest BCUT2D eigenvalue weighted by Gasteiger charge is -2.05. The van der Waals surface area contributed by atoms with Crippen LogP contribution in [-0.4, -0.2) is 5.71 Å². The van der Waals surface area contributed by atoms with Gasteiger partial charge in [0.25, 0.3) is 0 Å². The summed E-state index contributed by atoms with van der Waals surface area (Å²) in [5.74, 6) is -1.69. The zero-order valence-electron chi connectivity index (χ0n) is 7.70. The first kappa shape index (κ1) is 12.0. The van der Waals surface area contributed by atoms with Crippen LogP contribution < -0.4 is 5.43 Å². The van der Waals surface area contributed by atoms with Crippen LogP contribution in [0.3, 0.4) is 0 Å². The maximum Gasteiger partial charge on any atom is 0.237 e. The average molecular weight is 238 g/mol. The van der Waals surface area contributed by atoms with Crippen molar-refractivity contribution in [1.29, 1.82) is 10.5 Å². The molecule has 16 heavy (non-hydrogen) atoms. The van der Waals surface area contributed by atoms with Crippen molar-refractivity contribution in [2.24, 2.45) is 5.10 Å². The number of nitriles is 2. The highest BCUT2D eigenvalue weighted by Crippen LogP contribution is 2.24. The van der Waals surface area contributed by atoms with Gasteiger partial charge in [-0.1, -0.05) is 0 Å². The predicted molar refractivity (Wildman–Crippen MR) is 55.9 cm³/mol. The molecular formula is C9H4F2N4S. The molecule has 80 valence electrons. The molecule has 0 aliphatic carbocycles. The van der Waals surface area contributed by atoms with Gasteiger partial charge < -0.3 is 0 Å². The van der Waals surface area contributed by atoms with Gasteiger partial charge in [0.05, 0.1) is 0 Å². The lowest BCUT2D eigenvalue weighted by Crippen LogP contribution is -2.00. The van der Waals surface area contributed by atoms with Gasteiger partial charge in [-0.05, 0) is 6.07 Å². The Bertz CT molecular complexity index is 488. The smallest absolute Gasteiger partial charge is 0.237 e. The SMILES string of the molecule is N#CC(C#N)=NNc1c(F)cc(F)cc1S. The quantitative estimate of drug-likeness (QED) is 0.470. The molecule has 0 saturated heterocycles. The Labute approximate surface area is 95.2 Å². The molecule has 0 atom stereocenters. The Morgan fingerprint density at radius 2 is 1.94 bits per heavy atom. The van der Waals surface area contributed by atoms with Gasteiger partial charge in [-0.3, -0.25) is 5.43 Å². The number of nitrogens with one attached hydrogen (secondary N) is 1. The maximum atomic E-state index is 13.2. The number of hydrogen-bond donors (Lipinski definition) is 2. The molecule has 0 unspecified atom stereocenters. The number of halogens is 2. The topological polar surface area (TPSA) is 72.0 Å². The second-order valence-electron chi connectivity index (χ2n) is 2.58. The first-order chi connectivity index (χ1) is 7.58. The second-order valence-corrected chi connectivity index (χ2v) is 3.06. The molecule has 1 aromatic rings. The van der Waals surface area contributed by atoms with E-state index < -0.39 is 17.3 Å². The normalized spacial score (nSPS) is 8.81. The largest absolute Gasteiger partial charge is 0.272 e. The fourth-order valence-corrected chi connectivity index (χ4v) is 1.14. The molecule has 0 amide bonds. The summed E-state index contributed by atoms with van der Waals surface area (Å²) in [6, 6.07) is 4.56. The maximum absolute atomic E-state index is 13.2. The minimum absolute atomic E-state index is 0.0171. The van der Waals surface area contributed by atoms with Gasteiger partial charge in [-0.25, -0.2) is 8.78 Å². The Hall–Kier alpha value is -2.12. The predicted octanol–water partition coefficient (Wildman–Crippen LogP) is 2.07. The van der Waals surface area contributed by atoms with Crippen molar-refractivity contribution in [2.75, 3.05) is 5.43 Å². The first-order valence-electron chi connectivity index (χ1n) is 3.90. The Morgan fingerprint density at radius 1 is 1.31 bits per heavy atom. The van der Waals surface area contributed by atoms with Gasteiger partial charge in [0.15, 0.2) is 5.82 Å². The zero-order chi connectivity index (χ0) is 12.1. The molecule has 0 heterocycles. The van der Waals surface area contributed by atoms with E-state index in [1.54, 1.807) is 0 Å². The van der Waals surface area contributed by atoms with Crippen molar-refractivity contribution in [3.63, 3.8) is 0 Å². The lowest BCUT2D eigenvalue weighted by atomic mass is 10.3. The van der Waals surface area contributed by atoms with E-state index in [9.17, 15) is 8.78 Å². The van der Waals surface area contributed by atoms with E-state index in [-0.39, 0.29) is 10.6 Å². The van der Waals surface area contributed by atoms with Crippen molar-refractivity contribution >= 4 is 24.0 Å². The third-order valence-electron chi connectivity index (χ3n) is 1.53. The number of thiol groups is 1. The van der Waals surface area contributed by atoms with E-state index in [2.05, 4.69) is 23.2 Å². The molecule has 0 aromatic heterocycles. The Balaban J connectivity index is 3.05. The summed E-state index contributed by atoms with van der Waals surface area (Å²) in [7, 11) is 0. The molecule has 0 fully saturated rings. The number of hydrogen-bond acceptors (Lipinski definition) is 5. The van der Waals surface area contributed by atoms with E-state index in [1.165, 1.54) is 12.1 Å². The average Bonchev–Trinajstić information content (AvgIpc) is 2.22. The third kappa shape index (κ3) is 2.69. The van der Waals surface area contributed by atoms with Crippen LogP contribution in [-0.2, 0) is 0 Å². The highest BCUT2D eigenvalue weighted by atomic mass is 32.1. The van der Waals surface area contributed by atoms with E-state index in [1.807, 2.05) is 0 Å². The minimum Gasteiger partial charge on any atom is -0.272 e. The number of nitrogens with zero attached hydrogens (tertiary/aromatic N) is 3. The minimum atomic E-state index is -0.913. The molecule has 1 rings (SSSR count). The van der Waals surface area contributed by atoms with E-state index >= 15 is 0 Å². The van der Waals surface area contributed by atoms with Crippen LogP contribution in [0.2, 0.25) is 0 Å². The summed E-state index contributed by atoms with van der Waals surface area (Å²) in [5, 5.41) is 20.1. The lowest BCUT2D eigenvalue weighted by molar-refractivity contribution is 0.580. The molecule has 1 aromatic carbocycles. The molecule has 0 spiro atoms. The zero-order valence-corrected chi connectivity index (χ0v) is 8.59. The molecule has 4 nitrogen and oxygen atoms in total. The van der Waals surface area contributed by atoms with Gasteiger partial charge >= 0.3 is 0 Å². The van der Waals surface area contributed by atoms with Crippen LogP contribution in [0.25, 0.3) is 0 Å². The van der Waals surface area contributed by atoms with Gasteiger partial charge in [0.1, 0.15) is 23.6 Å². The standard InChI is InChI=1S/C9H4F2N4S/c10-5-1-7(11)9(8(16)2-5)15-14-6(3-12)4-13/h1-2,15-16H. The highest BCUT2D eigenvalue weighted by Gasteiger charge is 2.08. The Kier molecular flexibility index (Phi) is 3.81. The van der Waals surface area contributed by atoms with Crippen molar-refractivity contribution in [2.45, 2.75) is 4.90 Å². The van der Waals surface area contributed by atoms with Gasteiger partial charge in [0.2, 0.25) is 5.71 Å². The van der Waals surface area contributed by atoms with Crippen LogP contribution >= 0.6 is 12.6 Å². The number of benzene rings is 1. The highest BCUT2D eigenvalue weighted by molar-refractivity contribution is 7.80. The van der Waals surface area contributed by atoms with Crippen molar-refractivity contribution in [1.82, 2.24) is 0 Å².